The van der Waals surface area contributed by atoms with Crippen molar-refractivity contribution in [3.05, 3.63) is 82.9 Å². The molecule has 0 aliphatic heterocycles. The second-order valence-corrected chi connectivity index (χ2v) is 6.06. The van der Waals surface area contributed by atoms with Crippen molar-refractivity contribution in [2.45, 2.75) is 12.5 Å². The van der Waals surface area contributed by atoms with E-state index < -0.39 is 12.2 Å². The summed E-state index contributed by atoms with van der Waals surface area (Å²) in [6.45, 7) is 0. The molecule has 3 rings (SSSR count). The molecule has 0 saturated carbocycles. The molecule has 130 valence electrons. The van der Waals surface area contributed by atoms with Gasteiger partial charge in [0, 0.05) is 23.3 Å². The van der Waals surface area contributed by atoms with Gasteiger partial charge < -0.3 is 15.0 Å². The highest BCUT2D eigenvalue weighted by Gasteiger charge is 2.19. The molecule has 0 aliphatic rings. The Kier molecular flexibility index (Phi) is 5.20. The van der Waals surface area contributed by atoms with Crippen LogP contribution < -0.4 is 5.73 Å². The standard InChI is InChI=1S/C19H15ClN4O2/c20-15-2-1-3-16(9-15)24-11-17(23-12-24)18(26-19(22)25)8-13-4-6-14(10-21)7-5-13/h1-7,9,11-12,18H,8H2,(H2,22,25). The minimum absolute atomic E-state index is 0.390. The SMILES string of the molecule is N#Cc1ccc(CC(OC(N)=O)c2cn(-c3cccc(Cl)c3)cn2)cc1. The lowest BCUT2D eigenvalue weighted by molar-refractivity contribution is 0.104. The van der Waals surface area contributed by atoms with E-state index in [-0.39, 0.29) is 0 Å². The Morgan fingerprint density at radius 2 is 2.08 bits per heavy atom. The zero-order valence-corrected chi connectivity index (χ0v) is 14.4. The molecule has 1 aromatic heterocycles. The molecule has 6 nitrogen and oxygen atoms in total. The van der Waals surface area contributed by atoms with Crippen LogP contribution in [0.2, 0.25) is 5.02 Å². The summed E-state index contributed by atoms with van der Waals surface area (Å²) in [4.78, 5) is 15.6. The summed E-state index contributed by atoms with van der Waals surface area (Å²) in [5.74, 6) is 0. The molecule has 1 amide bonds. The minimum Gasteiger partial charge on any atom is -0.439 e. The average molecular weight is 367 g/mol. The molecule has 2 aromatic carbocycles. The van der Waals surface area contributed by atoms with Gasteiger partial charge in [0.1, 0.15) is 0 Å². The van der Waals surface area contributed by atoms with Crippen LogP contribution in [-0.4, -0.2) is 15.6 Å². The lowest BCUT2D eigenvalue weighted by Crippen LogP contribution is -2.19. The lowest BCUT2D eigenvalue weighted by Gasteiger charge is -2.14. The molecule has 1 heterocycles. The van der Waals surface area contributed by atoms with Gasteiger partial charge in [-0.25, -0.2) is 9.78 Å². The molecule has 0 saturated heterocycles. The van der Waals surface area contributed by atoms with Crippen molar-refractivity contribution in [3.63, 3.8) is 0 Å². The second kappa shape index (κ2) is 7.72. The molecule has 1 atom stereocenters. The van der Waals surface area contributed by atoms with E-state index in [1.165, 1.54) is 0 Å². The molecule has 1 unspecified atom stereocenters. The number of carbonyl (C=O) groups is 1. The van der Waals surface area contributed by atoms with Crippen LogP contribution in [0.1, 0.15) is 22.9 Å². The maximum Gasteiger partial charge on any atom is 0.405 e. The Morgan fingerprint density at radius 3 is 2.73 bits per heavy atom. The fourth-order valence-corrected chi connectivity index (χ4v) is 2.74. The predicted molar refractivity (Wildman–Crippen MR) is 96.8 cm³/mol. The molecule has 2 N–H and O–H groups in total. The predicted octanol–water partition coefficient (Wildman–Crippen LogP) is 3.78. The first-order valence-corrected chi connectivity index (χ1v) is 8.18. The van der Waals surface area contributed by atoms with E-state index in [1.807, 2.05) is 24.3 Å². The normalized spacial score (nSPS) is 11.5. The van der Waals surface area contributed by atoms with E-state index >= 15 is 0 Å². The number of halogens is 1. The number of nitriles is 1. The number of hydrogen-bond donors (Lipinski definition) is 1. The van der Waals surface area contributed by atoms with Gasteiger partial charge in [0.15, 0.2) is 6.10 Å². The van der Waals surface area contributed by atoms with Crippen LogP contribution in [0.25, 0.3) is 5.69 Å². The number of nitrogens with two attached hydrogens (primary N) is 1. The first-order chi connectivity index (χ1) is 12.5. The van der Waals surface area contributed by atoms with Crippen molar-refractivity contribution in [1.82, 2.24) is 9.55 Å². The summed E-state index contributed by atoms with van der Waals surface area (Å²) in [6, 6.07) is 16.4. The van der Waals surface area contributed by atoms with E-state index in [1.54, 1.807) is 41.4 Å². The largest absolute Gasteiger partial charge is 0.439 e. The topological polar surface area (TPSA) is 93.9 Å². The monoisotopic (exact) mass is 366 g/mol. The smallest absolute Gasteiger partial charge is 0.405 e. The van der Waals surface area contributed by atoms with Crippen molar-refractivity contribution in [1.29, 1.82) is 5.26 Å². The van der Waals surface area contributed by atoms with Gasteiger partial charge in [0.25, 0.3) is 0 Å². The van der Waals surface area contributed by atoms with E-state index in [4.69, 9.17) is 27.3 Å². The number of aromatic nitrogens is 2. The molecule has 3 aromatic rings. The quantitative estimate of drug-likeness (QED) is 0.743. The van der Waals surface area contributed by atoms with Gasteiger partial charge in [-0.15, -0.1) is 0 Å². The molecule has 0 radical (unpaired) electrons. The molecular weight excluding hydrogens is 352 g/mol. The van der Waals surface area contributed by atoms with Crippen LogP contribution in [0.4, 0.5) is 4.79 Å². The highest BCUT2D eigenvalue weighted by Crippen LogP contribution is 2.23. The number of ether oxygens (including phenoxy) is 1. The summed E-state index contributed by atoms with van der Waals surface area (Å²) in [5, 5.41) is 9.49. The zero-order valence-electron chi connectivity index (χ0n) is 13.7. The van der Waals surface area contributed by atoms with Gasteiger partial charge in [-0.2, -0.15) is 5.26 Å². The van der Waals surface area contributed by atoms with Crippen LogP contribution in [0.5, 0.6) is 0 Å². The van der Waals surface area contributed by atoms with Gasteiger partial charge in [-0.1, -0.05) is 29.8 Å². The fraction of sp³-hybridized carbons (Fsp3) is 0.105. The van der Waals surface area contributed by atoms with E-state index in [0.29, 0.717) is 22.7 Å². The molecule has 0 spiro atoms. The Labute approximate surface area is 155 Å². The lowest BCUT2D eigenvalue weighted by atomic mass is 10.0. The molecule has 26 heavy (non-hydrogen) atoms. The Bertz CT molecular complexity index is 960. The van der Waals surface area contributed by atoms with Crippen molar-refractivity contribution in [2.24, 2.45) is 5.73 Å². The van der Waals surface area contributed by atoms with Crippen molar-refractivity contribution in [2.75, 3.05) is 0 Å². The van der Waals surface area contributed by atoms with Crippen LogP contribution in [-0.2, 0) is 11.2 Å². The van der Waals surface area contributed by atoms with Crippen molar-refractivity contribution in [3.8, 4) is 11.8 Å². The van der Waals surface area contributed by atoms with Crippen molar-refractivity contribution < 1.29 is 9.53 Å². The first-order valence-electron chi connectivity index (χ1n) is 7.80. The minimum atomic E-state index is -0.874. The zero-order chi connectivity index (χ0) is 18.5. The molecule has 7 heteroatoms. The van der Waals surface area contributed by atoms with E-state index in [0.717, 1.165) is 11.3 Å². The Balaban J connectivity index is 1.85. The van der Waals surface area contributed by atoms with Gasteiger partial charge >= 0.3 is 6.09 Å². The summed E-state index contributed by atoms with van der Waals surface area (Å²) >= 11 is 6.02. The van der Waals surface area contributed by atoms with E-state index in [2.05, 4.69) is 11.1 Å². The number of carbonyl (C=O) groups excluding carboxylic acids is 1. The third kappa shape index (κ3) is 4.21. The fourth-order valence-electron chi connectivity index (χ4n) is 2.56. The number of rotatable bonds is 5. The van der Waals surface area contributed by atoms with Crippen molar-refractivity contribution >= 4 is 17.7 Å². The number of imidazole rings is 1. The number of hydrogen-bond acceptors (Lipinski definition) is 4. The summed E-state index contributed by atoms with van der Waals surface area (Å²) < 4.78 is 7.03. The first kappa shape index (κ1) is 17.5. The van der Waals surface area contributed by atoms with Crippen LogP contribution >= 0.6 is 11.6 Å². The number of primary amides is 1. The molecule has 0 bridgehead atoms. The summed E-state index contributed by atoms with van der Waals surface area (Å²) in [6.07, 6.45) is 2.27. The van der Waals surface area contributed by atoms with Crippen LogP contribution in [0, 0.1) is 11.3 Å². The third-order valence-corrected chi connectivity index (χ3v) is 4.04. The number of benzene rings is 2. The molecular formula is C19H15ClN4O2. The number of amides is 1. The van der Waals surface area contributed by atoms with Crippen LogP contribution in [0.3, 0.4) is 0 Å². The maximum absolute atomic E-state index is 11.3. The highest BCUT2D eigenvalue weighted by atomic mass is 35.5. The van der Waals surface area contributed by atoms with Gasteiger partial charge in [-0.05, 0) is 35.9 Å². The highest BCUT2D eigenvalue weighted by molar-refractivity contribution is 6.30. The Hall–Kier alpha value is -3.30. The molecule has 0 aliphatic carbocycles. The van der Waals surface area contributed by atoms with E-state index in [9.17, 15) is 4.79 Å². The van der Waals surface area contributed by atoms with Gasteiger partial charge in [0.05, 0.1) is 23.7 Å². The van der Waals surface area contributed by atoms with Gasteiger partial charge in [0.2, 0.25) is 0 Å². The summed E-state index contributed by atoms with van der Waals surface area (Å²) in [5.41, 5.74) is 8.07. The average Bonchev–Trinajstić information content (AvgIpc) is 3.11. The Morgan fingerprint density at radius 1 is 1.31 bits per heavy atom. The van der Waals surface area contributed by atoms with Crippen LogP contribution in [0.15, 0.2) is 61.1 Å². The van der Waals surface area contributed by atoms with Gasteiger partial charge in [-0.3, -0.25) is 0 Å². The second-order valence-electron chi connectivity index (χ2n) is 5.62. The number of nitrogens with zero attached hydrogens (tertiary/aromatic N) is 3. The summed E-state index contributed by atoms with van der Waals surface area (Å²) in [7, 11) is 0. The third-order valence-electron chi connectivity index (χ3n) is 3.80. The molecule has 0 fully saturated rings. The maximum atomic E-state index is 11.3.